The molecule has 7 nitrogen and oxygen atoms in total. The van der Waals surface area contributed by atoms with E-state index in [2.05, 4.69) is 14.9 Å². The Morgan fingerprint density at radius 1 is 1.30 bits per heavy atom. The number of benzene rings is 1. The van der Waals surface area contributed by atoms with E-state index in [1.165, 1.54) is 12.1 Å². The molecule has 8 heteroatoms. The van der Waals surface area contributed by atoms with Crippen LogP contribution in [0.15, 0.2) is 33.7 Å². The van der Waals surface area contributed by atoms with Crippen molar-refractivity contribution in [2.75, 3.05) is 19.8 Å². The van der Waals surface area contributed by atoms with Crippen molar-refractivity contribution < 1.29 is 17.7 Å². The van der Waals surface area contributed by atoms with Gasteiger partial charge in [-0.1, -0.05) is 12.1 Å². The summed E-state index contributed by atoms with van der Waals surface area (Å²) in [6.45, 7) is 3.65. The molecule has 2 heterocycles. The molecule has 124 valence electrons. The largest absolute Gasteiger partial charge is 0.381 e. The second-order valence-corrected chi connectivity index (χ2v) is 7.21. The average Bonchev–Trinajstić information content (AvgIpc) is 3.24. The monoisotopic (exact) mass is 337 g/mol. The number of rotatable bonds is 6. The molecule has 1 aliphatic heterocycles. The molecular formula is C15H19N3O4S. The van der Waals surface area contributed by atoms with E-state index in [9.17, 15) is 8.42 Å². The minimum Gasteiger partial charge on any atom is -0.381 e. The lowest BCUT2D eigenvalue weighted by atomic mass is 10.1. The van der Waals surface area contributed by atoms with Gasteiger partial charge in [0.15, 0.2) is 5.82 Å². The first kappa shape index (κ1) is 16.1. The molecule has 1 aromatic heterocycles. The lowest BCUT2D eigenvalue weighted by Gasteiger charge is -2.05. The Morgan fingerprint density at radius 2 is 2.09 bits per heavy atom. The van der Waals surface area contributed by atoms with Gasteiger partial charge in [0, 0.05) is 24.6 Å². The molecule has 0 bridgehead atoms. The van der Waals surface area contributed by atoms with E-state index in [1.54, 1.807) is 12.1 Å². The molecule has 1 saturated heterocycles. The van der Waals surface area contributed by atoms with Crippen molar-refractivity contribution in [3.05, 3.63) is 30.1 Å². The molecule has 0 amide bonds. The Hall–Kier alpha value is -1.77. The van der Waals surface area contributed by atoms with Crippen LogP contribution in [-0.2, 0) is 14.8 Å². The van der Waals surface area contributed by atoms with Crippen LogP contribution in [0.25, 0.3) is 11.5 Å². The van der Waals surface area contributed by atoms with Crippen LogP contribution in [0.1, 0.15) is 31.5 Å². The third-order valence-corrected chi connectivity index (χ3v) is 5.17. The van der Waals surface area contributed by atoms with Gasteiger partial charge in [-0.25, -0.2) is 13.1 Å². The van der Waals surface area contributed by atoms with Crippen LogP contribution < -0.4 is 4.72 Å². The van der Waals surface area contributed by atoms with Crippen molar-refractivity contribution in [1.82, 2.24) is 14.9 Å². The van der Waals surface area contributed by atoms with E-state index < -0.39 is 10.0 Å². The van der Waals surface area contributed by atoms with Crippen molar-refractivity contribution >= 4 is 10.0 Å². The van der Waals surface area contributed by atoms with Gasteiger partial charge in [-0.15, -0.1) is 0 Å². The standard InChI is InChI=1S/C15H19N3O4S/c1-2-8-16-23(19,20)13-5-3-11(4-6-13)15-17-14(18-22-15)12-7-9-21-10-12/h3-6,12,16H,2,7-10H2,1H3/t12-/m1/s1. The number of aromatic nitrogens is 2. The summed E-state index contributed by atoms with van der Waals surface area (Å²) in [5.74, 6) is 1.20. The van der Waals surface area contributed by atoms with Gasteiger partial charge in [-0.05, 0) is 37.1 Å². The topological polar surface area (TPSA) is 94.3 Å². The molecule has 0 unspecified atom stereocenters. The molecule has 1 atom stereocenters. The molecule has 3 rings (SSSR count). The first-order valence-electron chi connectivity index (χ1n) is 7.61. The minimum atomic E-state index is -3.46. The smallest absolute Gasteiger partial charge is 0.257 e. The zero-order chi connectivity index (χ0) is 16.3. The van der Waals surface area contributed by atoms with E-state index in [0.29, 0.717) is 37.0 Å². The number of ether oxygens (including phenoxy) is 1. The highest BCUT2D eigenvalue weighted by atomic mass is 32.2. The average molecular weight is 337 g/mol. The molecule has 0 radical (unpaired) electrons. The highest BCUT2D eigenvalue weighted by Gasteiger charge is 2.23. The van der Waals surface area contributed by atoms with Crippen molar-refractivity contribution in [3.63, 3.8) is 0 Å². The van der Waals surface area contributed by atoms with E-state index in [1.807, 2.05) is 6.92 Å². The molecular weight excluding hydrogens is 318 g/mol. The van der Waals surface area contributed by atoms with Crippen LogP contribution in [0.2, 0.25) is 0 Å². The van der Waals surface area contributed by atoms with Crippen LogP contribution in [0.3, 0.4) is 0 Å². The van der Waals surface area contributed by atoms with E-state index in [0.717, 1.165) is 12.8 Å². The summed E-state index contributed by atoms with van der Waals surface area (Å²) >= 11 is 0. The SMILES string of the molecule is CCCNS(=O)(=O)c1ccc(-c2nc([C@@H]3CCOC3)no2)cc1. The van der Waals surface area contributed by atoms with Crippen LogP contribution in [0, 0.1) is 0 Å². The van der Waals surface area contributed by atoms with Gasteiger partial charge in [0.2, 0.25) is 10.0 Å². The third-order valence-electron chi connectivity index (χ3n) is 3.69. The predicted molar refractivity (Wildman–Crippen MR) is 83.4 cm³/mol. The van der Waals surface area contributed by atoms with E-state index in [-0.39, 0.29) is 10.8 Å². The molecule has 1 N–H and O–H groups in total. The molecule has 0 aliphatic carbocycles. The van der Waals surface area contributed by atoms with Gasteiger partial charge in [-0.3, -0.25) is 0 Å². The van der Waals surface area contributed by atoms with Gasteiger partial charge >= 0.3 is 0 Å². The van der Waals surface area contributed by atoms with Crippen molar-refractivity contribution in [1.29, 1.82) is 0 Å². The quantitative estimate of drug-likeness (QED) is 0.865. The lowest BCUT2D eigenvalue weighted by molar-refractivity contribution is 0.192. The first-order valence-corrected chi connectivity index (χ1v) is 9.10. The molecule has 1 fully saturated rings. The van der Waals surface area contributed by atoms with Gasteiger partial charge in [0.1, 0.15) is 0 Å². The summed E-state index contributed by atoms with van der Waals surface area (Å²) in [6, 6.07) is 6.41. The predicted octanol–water partition coefficient (Wildman–Crippen LogP) is 1.93. The normalized spacial score (nSPS) is 18.4. The van der Waals surface area contributed by atoms with Gasteiger partial charge < -0.3 is 9.26 Å². The zero-order valence-electron chi connectivity index (χ0n) is 12.9. The molecule has 23 heavy (non-hydrogen) atoms. The number of nitrogens with zero attached hydrogens (tertiary/aromatic N) is 2. The minimum absolute atomic E-state index is 0.172. The third kappa shape index (κ3) is 3.60. The lowest BCUT2D eigenvalue weighted by Crippen LogP contribution is -2.24. The maximum absolute atomic E-state index is 12.0. The number of hydrogen-bond acceptors (Lipinski definition) is 6. The summed E-state index contributed by atoms with van der Waals surface area (Å²) < 4.78 is 37.2. The molecule has 1 aromatic carbocycles. The molecule has 2 aromatic rings. The first-order chi connectivity index (χ1) is 11.1. The summed E-state index contributed by atoms with van der Waals surface area (Å²) in [5.41, 5.74) is 0.692. The summed E-state index contributed by atoms with van der Waals surface area (Å²) in [4.78, 5) is 4.60. The van der Waals surface area contributed by atoms with Crippen LogP contribution in [0.5, 0.6) is 0 Å². The Bertz CT molecular complexity index is 749. The highest BCUT2D eigenvalue weighted by Crippen LogP contribution is 2.26. The second-order valence-electron chi connectivity index (χ2n) is 5.44. The van der Waals surface area contributed by atoms with Gasteiger partial charge in [0.25, 0.3) is 5.89 Å². The van der Waals surface area contributed by atoms with Crippen LogP contribution in [-0.4, -0.2) is 38.3 Å². The summed E-state index contributed by atoms with van der Waals surface area (Å²) in [6.07, 6.45) is 1.63. The fourth-order valence-corrected chi connectivity index (χ4v) is 3.49. The van der Waals surface area contributed by atoms with Crippen LogP contribution in [0.4, 0.5) is 0 Å². The van der Waals surface area contributed by atoms with Gasteiger partial charge in [0.05, 0.1) is 11.5 Å². The maximum atomic E-state index is 12.0. The number of nitrogens with one attached hydrogen (secondary N) is 1. The number of sulfonamides is 1. The fraction of sp³-hybridized carbons (Fsp3) is 0.467. The van der Waals surface area contributed by atoms with Crippen molar-refractivity contribution in [2.45, 2.75) is 30.6 Å². The van der Waals surface area contributed by atoms with E-state index >= 15 is 0 Å². The highest BCUT2D eigenvalue weighted by molar-refractivity contribution is 7.89. The maximum Gasteiger partial charge on any atom is 0.257 e. The Balaban J connectivity index is 1.77. The van der Waals surface area contributed by atoms with Gasteiger partial charge in [-0.2, -0.15) is 4.98 Å². The van der Waals surface area contributed by atoms with Crippen molar-refractivity contribution in [3.8, 4) is 11.5 Å². The fourth-order valence-electron chi connectivity index (χ4n) is 2.35. The molecule has 0 saturated carbocycles. The van der Waals surface area contributed by atoms with Crippen LogP contribution >= 0.6 is 0 Å². The van der Waals surface area contributed by atoms with E-state index in [4.69, 9.17) is 9.26 Å². The number of hydrogen-bond donors (Lipinski definition) is 1. The molecule has 1 aliphatic rings. The second kappa shape index (κ2) is 6.77. The zero-order valence-corrected chi connectivity index (χ0v) is 13.7. The Kier molecular flexibility index (Phi) is 4.74. The van der Waals surface area contributed by atoms with Crippen molar-refractivity contribution in [2.24, 2.45) is 0 Å². The Labute approximate surface area is 135 Å². The molecule has 0 spiro atoms. The summed E-state index contributed by atoms with van der Waals surface area (Å²) in [7, 11) is -3.46. The Morgan fingerprint density at radius 3 is 2.74 bits per heavy atom. The summed E-state index contributed by atoms with van der Waals surface area (Å²) in [5, 5.41) is 3.99.